The van der Waals surface area contributed by atoms with E-state index in [9.17, 15) is 13.6 Å². The third-order valence-corrected chi connectivity index (χ3v) is 1.26. The van der Waals surface area contributed by atoms with E-state index in [1.165, 1.54) is 12.1 Å². The van der Waals surface area contributed by atoms with Crippen molar-refractivity contribution in [2.24, 2.45) is 0 Å². The van der Waals surface area contributed by atoms with Gasteiger partial charge in [-0.1, -0.05) is 6.07 Å². The van der Waals surface area contributed by atoms with Crippen molar-refractivity contribution < 1.29 is 18.7 Å². The predicted octanol–water partition coefficient (Wildman–Crippen LogP) is 1.26. The Bertz CT molecular complexity index is 287. The Hall–Kier alpha value is -1.52. The molecule has 1 aromatic heterocycles. The van der Waals surface area contributed by atoms with E-state index in [4.69, 9.17) is 5.11 Å². The van der Waals surface area contributed by atoms with Gasteiger partial charge in [0.25, 0.3) is 0 Å². The summed E-state index contributed by atoms with van der Waals surface area (Å²) < 4.78 is 25.2. The molecule has 1 aromatic rings. The molecule has 0 unspecified atom stereocenters. The number of aromatic nitrogens is 1. The Morgan fingerprint density at radius 3 is 2.58 bits per heavy atom. The van der Waals surface area contributed by atoms with Crippen LogP contribution < -0.4 is 0 Å². The number of alkyl halides is 2. The zero-order valence-corrected chi connectivity index (χ0v) is 5.87. The lowest BCUT2D eigenvalue weighted by Gasteiger charge is -2.08. The quantitative estimate of drug-likeness (QED) is 0.732. The smallest absolute Gasteiger partial charge is 0.384 e. The van der Waals surface area contributed by atoms with E-state index in [1.807, 2.05) is 0 Å². The van der Waals surface area contributed by atoms with Crippen LogP contribution in [0.3, 0.4) is 0 Å². The number of rotatable bonds is 2. The van der Waals surface area contributed by atoms with Crippen LogP contribution in [0, 0.1) is 0 Å². The Morgan fingerprint density at radius 2 is 2.17 bits per heavy atom. The van der Waals surface area contributed by atoms with Crippen LogP contribution in [0.4, 0.5) is 8.78 Å². The molecule has 1 rings (SSSR count). The van der Waals surface area contributed by atoms with Crippen LogP contribution in [0.1, 0.15) is 5.69 Å². The molecule has 1 heterocycles. The highest BCUT2D eigenvalue weighted by Crippen LogP contribution is 2.25. The third kappa shape index (κ3) is 1.39. The standard InChI is InChI=1S/C7H5F2NO2/c8-7(9,6(11)12)5-3-1-2-4-10-5/h1-4H,(H,11,12). The molecule has 1 N–H and O–H groups in total. The van der Waals surface area contributed by atoms with Crippen LogP contribution in [-0.4, -0.2) is 16.1 Å². The lowest BCUT2D eigenvalue weighted by molar-refractivity contribution is -0.166. The molecule has 0 aliphatic heterocycles. The monoisotopic (exact) mass is 173 g/mol. The van der Waals surface area contributed by atoms with E-state index in [0.29, 0.717) is 0 Å². The van der Waals surface area contributed by atoms with E-state index >= 15 is 0 Å². The van der Waals surface area contributed by atoms with Gasteiger partial charge in [-0.05, 0) is 12.1 Å². The molecule has 5 heteroatoms. The minimum atomic E-state index is -3.90. The van der Waals surface area contributed by atoms with Crippen LogP contribution in [-0.2, 0) is 10.7 Å². The van der Waals surface area contributed by atoms with E-state index < -0.39 is 17.6 Å². The number of halogens is 2. The maximum atomic E-state index is 12.6. The summed E-state index contributed by atoms with van der Waals surface area (Å²) in [6, 6.07) is 3.70. The van der Waals surface area contributed by atoms with Crippen molar-refractivity contribution >= 4 is 5.97 Å². The van der Waals surface area contributed by atoms with Gasteiger partial charge >= 0.3 is 11.9 Å². The number of carboxylic acids is 1. The molecule has 3 nitrogen and oxygen atoms in total. The van der Waals surface area contributed by atoms with Gasteiger partial charge < -0.3 is 5.11 Å². The highest BCUT2D eigenvalue weighted by Gasteiger charge is 2.42. The molecule has 0 atom stereocenters. The fraction of sp³-hybridized carbons (Fsp3) is 0.143. The molecular weight excluding hydrogens is 168 g/mol. The van der Waals surface area contributed by atoms with Crippen molar-refractivity contribution in [3.05, 3.63) is 30.1 Å². The first-order valence-electron chi connectivity index (χ1n) is 3.08. The summed E-state index contributed by atoms with van der Waals surface area (Å²) >= 11 is 0. The van der Waals surface area contributed by atoms with Crippen LogP contribution >= 0.6 is 0 Å². The average Bonchev–Trinajstić information content (AvgIpc) is 2.06. The molecule has 64 valence electrons. The van der Waals surface area contributed by atoms with Gasteiger partial charge in [0, 0.05) is 6.20 Å². The summed E-state index contributed by atoms with van der Waals surface area (Å²) in [5, 5.41) is 8.10. The van der Waals surface area contributed by atoms with Crippen LogP contribution in [0.25, 0.3) is 0 Å². The molecule has 0 saturated heterocycles. The molecule has 0 spiro atoms. The lowest BCUT2D eigenvalue weighted by atomic mass is 10.2. The highest BCUT2D eigenvalue weighted by atomic mass is 19.3. The molecule has 0 radical (unpaired) electrons. The fourth-order valence-electron chi connectivity index (χ4n) is 0.658. The van der Waals surface area contributed by atoms with Crippen molar-refractivity contribution in [1.82, 2.24) is 4.98 Å². The topological polar surface area (TPSA) is 50.2 Å². The van der Waals surface area contributed by atoms with Crippen molar-refractivity contribution in [3.63, 3.8) is 0 Å². The van der Waals surface area contributed by atoms with Crippen molar-refractivity contribution in [2.45, 2.75) is 5.92 Å². The van der Waals surface area contributed by atoms with Gasteiger partial charge in [0.2, 0.25) is 0 Å². The summed E-state index contributed by atoms with van der Waals surface area (Å²) in [7, 11) is 0. The molecule has 0 fully saturated rings. The van der Waals surface area contributed by atoms with Crippen LogP contribution in [0.15, 0.2) is 24.4 Å². The molecular formula is C7H5F2NO2. The molecule has 12 heavy (non-hydrogen) atoms. The van der Waals surface area contributed by atoms with Crippen molar-refractivity contribution in [2.75, 3.05) is 0 Å². The van der Waals surface area contributed by atoms with Crippen molar-refractivity contribution in [3.8, 4) is 0 Å². The summed E-state index contributed by atoms with van der Waals surface area (Å²) in [5.41, 5.74) is -0.752. The Kier molecular flexibility index (Phi) is 2.03. The lowest BCUT2D eigenvalue weighted by Crippen LogP contribution is -2.26. The summed E-state index contributed by atoms with van der Waals surface area (Å²) in [5.74, 6) is -6.09. The second-order valence-corrected chi connectivity index (χ2v) is 2.09. The van der Waals surface area contributed by atoms with Crippen LogP contribution in [0.2, 0.25) is 0 Å². The van der Waals surface area contributed by atoms with E-state index in [0.717, 1.165) is 12.3 Å². The molecule has 0 bridgehead atoms. The Labute approximate surface area is 66.7 Å². The first-order chi connectivity index (χ1) is 5.55. The minimum Gasteiger partial charge on any atom is -0.476 e. The number of pyridine rings is 1. The minimum absolute atomic E-state index is 0.752. The Morgan fingerprint density at radius 1 is 1.50 bits per heavy atom. The fourth-order valence-corrected chi connectivity index (χ4v) is 0.658. The first-order valence-corrected chi connectivity index (χ1v) is 3.08. The summed E-state index contributed by atoms with van der Waals surface area (Å²) in [6.45, 7) is 0. The number of hydrogen-bond acceptors (Lipinski definition) is 2. The Balaban J connectivity index is 3.06. The number of carbonyl (C=O) groups is 1. The predicted molar refractivity (Wildman–Crippen MR) is 35.8 cm³/mol. The number of carboxylic acid groups (broad SMARTS) is 1. The normalized spacial score (nSPS) is 11.2. The summed E-state index contributed by atoms with van der Waals surface area (Å²) in [4.78, 5) is 13.3. The van der Waals surface area contributed by atoms with Gasteiger partial charge in [0.1, 0.15) is 5.69 Å². The maximum absolute atomic E-state index is 12.6. The molecule has 0 aliphatic carbocycles. The van der Waals surface area contributed by atoms with E-state index in [1.54, 1.807) is 0 Å². The number of nitrogens with zero attached hydrogens (tertiary/aromatic N) is 1. The second-order valence-electron chi connectivity index (χ2n) is 2.09. The van der Waals surface area contributed by atoms with Gasteiger partial charge in [-0.2, -0.15) is 8.78 Å². The van der Waals surface area contributed by atoms with Crippen LogP contribution in [0.5, 0.6) is 0 Å². The van der Waals surface area contributed by atoms with Gasteiger partial charge in [-0.15, -0.1) is 0 Å². The van der Waals surface area contributed by atoms with Gasteiger partial charge in [0.15, 0.2) is 0 Å². The number of aliphatic carboxylic acids is 1. The van der Waals surface area contributed by atoms with Gasteiger partial charge in [-0.25, -0.2) is 4.79 Å². The zero-order chi connectivity index (χ0) is 9.19. The first kappa shape index (κ1) is 8.58. The van der Waals surface area contributed by atoms with E-state index in [-0.39, 0.29) is 0 Å². The van der Waals surface area contributed by atoms with E-state index in [2.05, 4.69) is 4.98 Å². The van der Waals surface area contributed by atoms with Gasteiger partial charge in [0.05, 0.1) is 0 Å². The zero-order valence-electron chi connectivity index (χ0n) is 5.87. The average molecular weight is 173 g/mol. The SMILES string of the molecule is O=C(O)C(F)(F)c1ccccn1. The van der Waals surface area contributed by atoms with Gasteiger partial charge in [-0.3, -0.25) is 4.98 Å². The highest BCUT2D eigenvalue weighted by molar-refractivity contribution is 5.76. The maximum Gasteiger partial charge on any atom is 0.384 e. The second kappa shape index (κ2) is 2.84. The molecule has 0 amide bonds. The molecule has 0 aliphatic rings. The summed E-state index contributed by atoms with van der Waals surface area (Å²) in [6.07, 6.45) is 1.12. The molecule has 0 saturated carbocycles. The third-order valence-electron chi connectivity index (χ3n) is 1.26. The van der Waals surface area contributed by atoms with Crippen molar-refractivity contribution in [1.29, 1.82) is 0 Å². The molecule has 0 aromatic carbocycles. The number of hydrogen-bond donors (Lipinski definition) is 1. The largest absolute Gasteiger partial charge is 0.476 e.